The molecule has 0 spiro atoms. The van der Waals surface area contributed by atoms with Gasteiger partial charge in [-0.15, -0.1) is 0 Å². The molecule has 19 heavy (non-hydrogen) atoms. The number of thioether (sulfide) groups is 1. The average Bonchev–Trinajstić information content (AvgIpc) is 2.63. The van der Waals surface area contributed by atoms with Crippen LogP contribution in [0.4, 0.5) is 0 Å². The number of hydrazine groups is 1. The molecule has 0 saturated heterocycles. The number of aliphatic imine (C=N–C) groups is 1. The lowest BCUT2D eigenvalue weighted by Crippen LogP contribution is -2.43. The molecule has 1 fully saturated rings. The van der Waals surface area contributed by atoms with Crippen molar-refractivity contribution in [2.75, 3.05) is 0 Å². The molecule has 1 saturated carbocycles. The highest BCUT2D eigenvalue weighted by atomic mass is 32.2. The Morgan fingerprint density at radius 3 is 3.00 bits per heavy atom. The summed E-state index contributed by atoms with van der Waals surface area (Å²) in [5, 5.41) is 2.89. The molecule has 3 rings (SSSR count). The second-order valence-corrected chi connectivity index (χ2v) is 6.14. The maximum atomic E-state index is 6.23. The average molecular weight is 276 g/mol. The van der Waals surface area contributed by atoms with Crippen LogP contribution in [0.5, 0.6) is 0 Å². The fourth-order valence-electron chi connectivity index (χ4n) is 2.83. The summed E-state index contributed by atoms with van der Waals surface area (Å²) in [6.07, 6.45) is 8.09. The van der Waals surface area contributed by atoms with Crippen LogP contribution >= 0.6 is 11.8 Å². The van der Waals surface area contributed by atoms with Gasteiger partial charge < -0.3 is 0 Å². The first-order chi connectivity index (χ1) is 9.34. The van der Waals surface area contributed by atoms with Crippen LogP contribution in [0, 0.1) is 0 Å². The van der Waals surface area contributed by atoms with E-state index in [0.717, 1.165) is 16.6 Å². The van der Waals surface area contributed by atoms with Crippen molar-refractivity contribution in [3.05, 3.63) is 30.1 Å². The van der Waals surface area contributed by atoms with Gasteiger partial charge in [0, 0.05) is 11.9 Å². The van der Waals surface area contributed by atoms with E-state index in [1.165, 1.54) is 32.1 Å². The number of fused-ring (bicyclic) bond motifs is 1. The van der Waals surface area contributed by atoms with Crippen molar-refractivity contribution in [3.63, 3.8) is 0 Å². The number of hydrogen-bond acceptors (Lipinski definition) is 5. The Kier molecular flexibility index (Phi) is 4.03. The maximum Gasteiger partial charge on any atom is 0.174 e. The van der Waals surface area contributed by atoms with E-state index in [-0.39, 0.29) is 0 Å². The summed E-state index contributed by atoms with van der Waals surface area (Å²) in [5.41, 5.74) is 1.08. The summed E-state index contributed by atoms with van der Waals surface area (Å²) in [5.74, 6) is 7.07. The van der Waals surface area contributed by atoms with Crippen molar-refractivity contribution in [3.8, 4) is 0 Å². The van der Waals surface area contributed by atoms with E-state index in [1.807, 2.05) is 29.4 Å². The number of pyridine rings is 1. The van der Waals surface area contributed by atoms with Crippen LogP contribution in [-0.2, 0) is 5.75 Å². The molecule has 1 aliphatic carbocycles. The fraction of sp³-hybridized carbons (Fsp3) is 0.571. The van der Waals surface area contributed by atoms with Gasteiger partial charge in [0.2, 0.25) is 0 Å². The van der Waals surface area contributed by atoms with Gasteiger partial charge in [-0.3, -0.25) is 15.0 Å². The highest BCUT2D eigenvalue weighted by molar-refractivity contribution is 8.13. The molecule has 2 aliphatic rings. The first-order valence-electron chi connectivity index (χ1n) is 6.99. The second-order valence-electron chi connectivity index (χ2n) is 5.20. The van der Waals surface area contributed by atoms with Crippen molar-refractivity contribution >= 4 is 16.9 Å². The van der Waals surface area contributed by atoms with Crippen LogP contribution in [0.1, 0.15) is 37.8 Å². The van der Waals surface area contributed by atoms with Gasteiger partial charge in [-0.1, -0.05) is 37.1 Å². The second kappa shape index (κ2) is 5.92. The summed E-state index contributed by atoms with van der Waals surface area (Å²) in [4.78, 5) is 9.15. The Balaban J connectivity index is 1.63. The zero-order chi connectivity index (χ0) is 13.1. The van der Waals surface area contributed by atoms with Crippen molar-refractivity contribution in [2.45, 2.75) is 49.9 Å². The predicted octanol–water partition coefficient (Wildman–Crippen LogP) is 2.56. The first kappa shape index (κ1) is 12.9. The van der Waals surface area contributed by atoms with E-state index in [9.17, 15) is 0 Å². The third-order valence-electron chi connectivity index (χ3n) is 3.87. The maximum absolute atomic E-state index is 6.23. The van der Waals surface area contributed by atoms with Gasteiger partial charge in [-0.25, -0.2) is 5.84 Å². The SMILES string of the molecule is NN1C(SCc2ccccn2)=NC2CCCCCC21. The zero-order valence-electron chi connectivity index (χ0n) is 11.0. The van der Waals surface area contributed by atoms with Crippen LogP contribution in [0.25, 0.3) is 0 Å². The molecule has 1 aromatic rings. The molecule has 102 valence electrons. The van der Waals surface area contributed by atoms with E-state index in [2.05, 4.69) is 4.98 Å². The van der Waals surface area contributed by atoms with Gasteiger partial charge in [-0.05, 0) is 25.0 Å². The Hall–Kier alpha value is -1.07. The van der Waals surface area contributed by atoms with Crippen molar-refractivity contribution in [2.24, 2.45) is 10.8 Å². The molecule has 1 aliphatic heterocycles. The Bertz CT molecular complexity index is 448. The van der Waals surface area contributed by atoms with Crippen LogP contribution in [0.3, 0.4) is 0 Å². The normalized spacial score (nSPS) is 26.8. The van der Waals surface area contributed by atoms with Crippen molar-refractivity contribution < 1.29 is 0 Å². The lowest BCUT2D eigenvalue weighted by Gasteiger charge is -2.23. The zero-order valence-corrected chi connectivity index (χ0v) is 11.9. The molecule has 4 nitrogen and oxygen atoms in total. The minimum atomic E-state index is 0.415. The van der Waals surface area contributed by atoms with E-state index in [4.69, 9.17) is 10.8 Å². The van der Waals surface area contributed by atoms with Crippen molar-refractivity contribution in [1.82, 2.24) is 9.99 Å². The predicted molar refractivity (Wildman–Crippen MR) is 79.7 cm³/mol. The van der Waals surface area contributed by atoms with E-state index in [0.29, 0.717) is 12.1 Å². The highest BCUT2D eigenvalue weighted by Crippen LogP contribution is 2.31. The Morgan fingerprint density at radius 2 is 2.16 bits per heavy atom. The van der Waals surface area contributed by atoms with Gasteiger partial charge in [0.05, 0.1) is 17.8 Å². The minimum absolute atomic E-state index is 0.415. The lowest BCUT2D eigenvalue weighted by atomic mass is 10.1. The number of hydrogen-bond donors (Lipinski definition) is 1. The number of nitrogens with zero attached hydrogens (tertiary/aromatic N) is 3. The molecular formula is C14H20N4S. The minimum Gasteiger partial charge on any atom is -0.284 e. The van der Waals surface area contributed by atoms with Gasteiger partial charge in [-0.2, -0.15) is 0 Å². The number of nitrogens with two attached hydrogens (primary N) is 1. The smallest absolute Gasteiger partial charge is 0.174 e. The molecule has 2 heterocycles. The monoisotopic (exact) mass is 276 g/mol. The molecular weight excluding hydrogens is 256 g/mol. The molecule has 0 radical (unpaired) electrons. The van der Waals surface area contributed by atoms with Gasteiger partial charge >= 0.3 is 0 Å². The van der Waals surface area contributed by atoms with E-state index < -0.39 is 0 Å². The molecule has 2 unspecified atom stereocenters. The standard InChI is InChI=1S/C14H20N4S/c15-18-13-8-3-1-2-7-12(13)17-14(18)19-10-11-6-4-5-9-16-11/h4-6,9,12-13H,1-3,7-8,10,15H2. The summed E-state index contributed by atoms with van der Waals surface area (Å²) in [6, 6.07) is 6.84. The number of aromatic nitrogens is 1. The molecule has 5 heteroatoms. The molecule has 0 aromatic carbocycles. The summed E-state index contributed by atoms with van der Waals surface area (Å²) in [7, 11) is 0. The first-order valence-corrected chi connectivity index (χ1v) is 7.97. The van der Waals surface area contributed by atoms with Gasteiger partial charge in [0.1, 0.15) is 0 Å². The van der Waals surface area contributed by atoms with Crippen LogP contribution < -0.4 is 5.84 Å². The molecule has 2 atom stereocenters. The van der Waals surface area contributed by atoms with Crippen LogP contribution in [-0.4, -0.2) is 27.2 Å². The lowest BCUT2D eigenvalue weighted by molar-refractivity contribution is 0.300. The summed E-state index contributed by atoms with van der Waals surface area (Å²) in [6.45, 7) is 0. The number of rotatable bonds is 2. The molecule has 0 amide bonds. The van der Waals surface area contributed by atoms with Gasteiger partial charge in [0.15, 0.2) is 5.17 Å². The van der Waals surface area contributed by atoms with E-state index in [1.54, 1.807) is 11.8 Å². The van der Waals surface area contributed by atoms with Gasteiger partial charge in [0.25, 0.3) is 0 Å². The van der Waals surface area contributed by atoms with E-state index >= 15 is 0 Å². The number of amidine groups is 1. The summed E-state index contributed by atoms with van der Waals surface area (Å²) < 4.78 is 0. The molecule has 2 N–H and O–H groups in total. The fourth-order valence-corrected chi connectivity index (χ4v) is 3.77. The Morgan fingerprint density at radius 1 is 1.26 bits per heavy atom. The highest BCUT2D eigenvalue weighted by Gasteiger charge is 2.35. The van der Waals surface area contributed by atoms with Crippen LogP contribution in [0.2, 0.25) is 0 Å². The van der Waals surface area contributed by atoms with Crippen LogP contribution in [0.15, 0.2) is 29.4 Å². The summed E-state index contributed by atoms with van der Waals surface area (Å²) >= 11 is 1.71. The van der Waals surface area contributed by atoms with Crippen molar-refractivity contribution in [1.29, 1.82) is 0 Å². The molecule has 0 bridgehead atoms. The Labute approximate surface area is 118 Å². The molecule has 1 aromatic heterocycles. The quantitative estimate of drug-likeness (QED) is 0.844. The topological polar surface area (TPSA) is 54.5 Å². The third kappa shape index (κ3) is 2.92. The third-order valence-corrected chi connectivity index (χ3v) is 4.89. The largest absolute Gasteiger partial charge is 0.284 e.